The van der Waals surface area contributed by atoms with Gasteiger partial charge in [-0.2, -0.15) is 0 Å². The van der Waals surface area contributed by atoms with Crippen LogP contribution in [0.1, 0.15) is 70.7 Å². The van der Waals surface area contributed by atoms with Crippen LogP contribution in [0, 0.1) is 0 Å². The average molecular weight is 557 g/mol. The number of hydrogen-bond donors (Lipinski definition) is 4. The van der Waals surface area contributed by atoms with Crippen molar-refractivity contribution in [2.75, 3.05) is 13.2 Å². The molecule has 2 atom stereocenters. The molecular formula is C33H44N6O2. The van der Waals surface area contributed by atoms with Crippen LogP contribution in [0.4, 0.5) is 0 Å². The maximum atomic E-state index is 6.29. The Morgan fingerprint density at radius 3 is 2.37 bits per heavy atom. The molecule has 0 amide bonds. The molecule has 1 aromatic heterocycles. The number of aliphatic imine (C=N–C) groups is 1. The molecule has 41 heavy (non-hydrogen) atoms. The maximum absolute atomic E-state index is 6.29. The van der Waals surface area contributed by atoms with E-state index in [0.717, 1.165) is 70.7 Å². The second kappa shape index (κ2) is 14.7. The summed E-state index contributed by atoms with van der Waals surface area (Å²) in [6.07, 6.45) is 3.68. The van der Waals surface area contributed by atoms with Crippen molar-refractivity contribution in [1.82, 2.24) is 15.3 Å². The highest BCUT2D eigenvalue weighted by Crippen LogP contribution is 2.25. The van der Waals surface area contributed by atoms with E-state index in [2.05, 4.69) is 49.1 Å². The van der Waals surface area contributed by atoms with Gasteiger partial charge in [-0.3, -0.25) is 10.3 Å². The fourth-order valence-corrected chi connectivity index (χ4v) is 4.43. The van der Waals surface area contributed by atoms with Crippen LogP contribution in [0.25, 0.3) is 22.4 Å². The summed E-state index contributed by atoms with van der Waals surface area (Å²) in [5.41, 5.74) is 17.2. The van der Waals surface area contributed by atoms with Crippen LogP contribution >= 0.6 is 0 Å². The molecule has 6 N–H and O–H groups in total. The Labute approximate surface area is 243 Å². The molecule has 8 nitrogen and oxygen atoms in total. The molecule has 4 aromatic rings. The Bertz CT molecular complexity index is 1410. The number of benzene rings is 3. The predicted molar refractivity (Wildman–Crippen MR) is 168 cm³/mol. The molecule has 1 heterocycles. The highest BCUT2D eigenvalue weighted by Gasteiger charge is 2.11. The second-order valence-corrected chi connectivity index (χ2v) is 10.7. The summed E-state index contributed by atoms with van der Waals surface area (Å²) < 4.78 is 11.9. The van der Waals surface area contributed by atoms with E-state index in [9.17, 15) is 0 Å². The zero-order valence-corrected chi connectivity index (χ0v) is 24.7. The van der Waals surface area contributed by atoms with Crippen LogP contribution in [0.2, 0.25) is 0 Å². The number of amidine groups is 1. The minimum absolute atomic E-state index is 0.222. The van der Waals surface area contributed by atoms with Gasteiger partial charge in [0.25, 0.3) is 0 Å². The molecule has 0 radical (unpaired) electrons. The van der Waals surface area contributed by atoms with Gasteiger partial charge in [0.15, 0.2) is 0 Å². The van der Waals surface area contributed by atoms with Crippen molar-refractivity contribution in [2.45, 2.75) is 71.6 Å². The first-order valence-corrected chi connectivity index (χ1v) is 14.6. The standard InChI is InChI=1S/C33H44N6O2/c1-5-23(4)37-31(34)24-12-15-27(16-13-24)40-18-7-6-8-19-41-28-11-9-10-26(20-28)33-38-29-17-14-25(21-30(29)39-33)32(35)36-22(2)3/h9-17,20-23,32,36H,5-8,18-19,35H2,1-4H3,(H2,34,37)(H,38,39). The Morgan fingerprint density at radius 2 is 1.66 bits per heavy atom. The maximum Gasteiger partial charge on any atom is 0.138 e. The molecule has 218 valence electrons. The Balaban J connectivity index is 1.20. The molecule has 0 saturated carbocycles. The number of imidazole rings is 1. The van der Waals surface area contributed by atoms with Gasteiger partial charge in [0.1, 0.15) is 23.2 Å². The Kier molecular flexibility index (Phi) is 10.8. The Hall–Kier alpha value is -3.88. The minimum Gasteiger partial charge on any atom is -0.494 e. The first-order valence-electron chi connectivity index (χ1n) is 14.6. The molecule has 0 aliphatic carbocycles. The van der Waals surface area contributed by atoms with Crippen molar-refractivity contribution >= 4 is 16.9 Å². The number of unbranched alkanes of at least 4 members (excludes halogenated alkanes) is 2. The van der Waals surface area contributed by atoms with Gasteiger partial charge in [0.05, 0.1) is 30.4 Å². The smallest absolute Gasteiger partial charge is 0.138 e. The van der Waals surface area contributed by atoms with Gasteiger partial charge in [0, 0.05) is 23.2 Å². The number of aromatic amines is 1. The third kappa shape index (κ3) is 8.80. The van der Waals surface area contributed by atoms with Gasteiger partial charge in [0.2, 0.25) is 0 Å². The molecule has 4 rings (SSSR count). The van der Waals surface area contributed by atoms with Crippen molar-refractivity contribution in [3.8, 4) is 22.9 Å². The van der Waals surface area contributed by atoms with Gasteiger partial charge >= 0.3 is 0 Å². The molecule has 0 bridgehead atoms. The van der Waals surface area contributed by atoms with Gasteiger partial charge < -0.3 is 25.9 Å². The number of nitrogens with one attached hydrogen (secondary N) is 2. The lowest BCUT2D eigenvalue weighted by molar-refractivity contribution is 0.279. The molecule has 8 heteroatoms. The zero-order valence-electron chi connectivity index (χ0n) is 24.7. The molecule has 0 aliphatic heterocycles. The quantitative estimate of drug-likeness (QED) is 0.0588. The number of nitrogens with two attached hydrogens (primary N) is 2. The highest BCUT2D eigenvalue weighted by atomic mass is 16.5. The number of nitrogens with zero attached hydrogens (tertiary/aromatic N) is 2. The molecular weight excluding hydrogens is 512 g/mol. The highest BCUT2D eigenvalue weighted by molar-refractivity contribution is 5.97. The van der Waals surface area contributed by atoms with Gasteiger partial charge in [-0.25, -0.2) is 4.98 Å². The van der Waals surface area contributed by atoms with E-state index in [1.54, 1.807) is 0 Å². The fourth-order valence-electron chi connectivity index (χ4n) is 4.43. The third-order valence-corrected chi connectivity index (χ3v) is 6.91. The SMILES string of the molecule is CCC(C)N=C(N)c1ccc(OCCCCCOc2cccc(-c3nc4ccc(C(N)NC(C)C)cc4[nH]3)c2)cc1. The molecule has 3 aromatic carbocycles. The molecule has 0 fully saturated rings. The van der Waals surface area contributed by atoms with E-state index in [4.69, 9.17) is 25.9 Å². The summed E-state index contributed by atoms with van der Waals surface area (Å²) >= 11 is 0. The van der Waals surface area contributed by atoms with Crippen LogP contribution < -0.4 is 26.3 Å². The van der Waals surface area contributed by atoms with Crippen molar-refractivity contribution in [3.63, 3.8) is 0 Å². The number of aromatic nitrogens is 2. The second-order valence-electron chi connectivity index (χ2n) is 10.7. The summed E-state index contributed by atoms with van der Waals surface area (Å²) in [5, 5.41) is 3.34. The fraction of sp³-hybridized carbons (Fsp3) is 0.394. The summed E-state index contributed by atoms with van der Waals surface area (Å²) in [6.45, 7) is 9.65. The summed E-state index contributed by atoms with van der Waals surface area (Å²) in [7, 11) is 0. The minimum atomic E-state index is -0.222. The van der Waals surface area contributed by atoms with E-state index in [1.165, 1.54) is 0 Å². The number of H-pyrrole nitrogens is 1. The zero-order chi connectivity index (χ0) is 29.2. The van der Waals surface area contributed by atoms with E-state index < -0.39 is 0 Å². The van der Waals surface area contributed by atoms with Crippen LogP contribution in [-0.2, 0) is 0 Å². The predicted octanol–water partition coefficient (Wildman–Crippen LogP) is 6.32. The molecule has 2 unspecified atom stereocenters. The normalized spacial score (nSPS) is 13.5. The lowest BCUT2D eigenvalue weighted by Gasteiger charge is -2.16. The molecule has 0 saturated heterocycles. The summed E-state index contributed by atoms with van der Waals surface area (Å²) in [5.74, 6) is 3.06. The van der Waals surface area contributed by atoms with Crippen molar-refractivity contribution < 1.29 is 9.47 Å². The number of ether oxygens (including phenoxy) is 2. The van der Waals surface area contributed by atoms with E-state index in [0.29, 0.717) is 25.1 Å². The average Bonchev–Trinajstić information content (AvgIpc) is 3.40. The van der Waals surface area contributed by atoms with Crippen LogP contribution in [-0.4, -0.2) is 41.1 Å². The van der Waals surface area contributed by atoms with Crippen LogP contribution in [0.3, 0.4) is 0 Å². The summed E-state index contributed by atoms with van der Waals surface area (Å²) in [6, 6.07) is 22.5. The summed E-state index contributed by atoms with van der Waals surface area (Å²) in [4.78, 5) is 12.7. The molecule has 0 spiro atoms. The van der Waals surface area contributed by atoms with Gasteiger partial charge in [-0.15, -0.1) is 0 Å². The number of fused-ring (bicyclic) bond motifs is 1. The first kappa shape index (κ1) is 30.1. The van der Waals surface area contributed by atoms with Crippen molar-refractivity contribution in [2.24, 2.45) is 16.5 Å². The van der Waals surface area contributed by atoms with Crippen LogP contribution in [0.5, 0.6) is 11.5 Å². The van der Waals surface area contributed by atoms with Crippen molar-refractivity contribution in [3.05, 3.63) is 77.9 Å². The van der Waals surface area contributed by atoms with Crippen molar-refractivity contribution in [1.29, 1.82) is 0 Å². The van der Waals surface area contributed by atoms with E-state index in [1.807, 2.05) is 60.7 Å². The molecule has 0 aliphatic rings. The lowest BCUT2D eigenvalue weighted by Crippen LogP contribution is -2.33. The number of rotatable bonds is 15. The van der Waals surface area contributed by atoms with Gasteiger partial charge in [-0.1, -0.05) is 25.1 Å². The topological polar surface area (TPSA) is 124 Å². The van der Waals surface area contributed by atoms with E-state index >= 15 is 0 Å². The monoisotopic (exact) mass is 556 g/mol. The lowest BCUT2D eigenvalue weighted by atomic mass is 10.1. The van der Waals surface area contributed by atoms with E-state index in [-0.39, 0.29) is 12.2 Å². The Morgan fingerprint density at radius 1 is 0.927 bits per heavy atom. The first-order chi connectivity index (χ1) is 19.8. The third-order valence-electron chi connectivity index (χ3n) is 6.91. The van der Waals surface area contributed by atoms with Gasteiger partial charge in [-0.05, 0) is 101 Å². The number of hydrogen-bond acceptors (Lipinski definition) is 6. The largest absolute Gasteiger partial charge is 0.494 e. The van der Waals surface area contributed by atoms with Crippen LogP contribution in [0.15, 0.2) is 71.7 Å².